The van der Waals surface area contributed by atoms with Gasteiger partial charge in [0.05, 0.1) is 27.4 Å². The van der Waals surface area contributed by atoms with Gasteiger partial charge in [-0.3, -0.25) is 14.5 Å². The molecule has 3 fully saturated rings. The first-order chi connectivity index (χ1) is 30.9. The molecule has 3 aromatic carbocycles. The van der Waals surface area contributed by atoms with Crippen LogP contribution in [0.1, 0.15) is 80.3 Å². The molecule has 1 spiro atoms. The highest BCUT2D eigenvalue weighted by Crippen LogP contribution is 2.68. The Morgan fingerprint density at radius 2 is 1.66 bits per heavy atom. The molecule has 0 amide bonds. The number of fused-ring (bicyclic) bond motifs is 6. The molecule has 2 saturated heterocycles. The third-order valence-electron chi connectivity index (χ3n) is 16.9. The third-order valence-corrected chi connectivity index (χ3v) is 16.9. The van der Waals surface area contributed by atoms with Crippen LogP contribution in [0.25, 0.3) is 10.9 Å². The Morgan fingerprint density at radius 1 is 0.906 bits per heavy atom. The number of esters is 3. The highest BCUT2D eigenvalue weighted by atomic mass is 16.6. The van der Waals surface area contributed by atoms with Crippen LogP contribution in [-0.4, -0.2) is 123 Å². The summed E-state index contributed by atoms with van der Waals surface area (Å²) in [4.78, 5) is 54.3. The van der Waals surface area contributed by atoms with Gasteiger partial charge in [0.25, 0.3) is 0 Å². The number of aromatic amines is 1. The molecule has 338 valence electrons. The van der Waals surface area contributed by atoms with Crippen molar-refractivity contribution < 1.29 is 38.4 Å². The minimum Gasteiger partial charge on any atom is -0.496 e. The van der Waals surface area contributed by atoms with E-state index in [4.69, 9.17) is 18.9 Å². The Balaban J connectivity index is 1.29. The van der Waals surface area contributed by atoms with Crippen LogP contribution in [0.5, 0.6) is 5.75 Å². The van der Waals surface area contributed by atoms with Gasteiger partial charge in [0.2, 0.25) is 5.60 Å². The second-order valence-electron chi connectivity index (χ2n) is 19.4. The van der Waals surface area contributed by atoms with Crippen molar-refractivity contribution in [2.75, 3.05) is 66.0 Å². The monoisotopic (exact) mass is 870 g/mol. The van der Waals surface area contributed by atoms with Crippen LogP contribution in [0.15, 0.2) is 78.9 Å². The minimum absolute atomic E-state index is 0.0332. The molecule has 2 N–H and O–H groups in total. The van der Waals surface area contributed by atoms with Crippen molar-refractivity contribution >= 4 is 34.5 Å². The van der Waals surface area contributed by atoms with Crippen molar-refractivity contribution in [1.82, 2.24) is 14.8 Å². The second-order valence-corrected chi connectivity index (χ2v) is 19.4. The summed E-state index contributed by atoms with van der Waals surface area (Å²) in [5.41, 5.74) is 0.944. The maximum Gasteiger partial charge on any atom is 0.344 e. The van der Waals surface area contributed by atoms with E-state index in [0.29, 0.717) is 49.6 Å². The van der Waals surface area contributed by atoms with Crippen molar-refractivity contribution in [3.8, 4) is 5.75 Å². The first kappa shape index (κ1) is 42.8. The van der Waals surface area contributed by atoms with Gasteiger partial charge in [0.15, 0.2) is 6.10 Å². The summed E-state index contributed by atoms with van der Waals surface area (Å²) in [6.07, 6.45) is 6.12. The lowest BCUT2D eigenvalue weighted by molar-refractivity contribution is -0.228. The molecule has 10 rings (SSSR count). The smallest absolute Gasteiger partial charge is 0.344 e. The lowest BCUT2D eigenvalue weighted by Crippen LogP contribution is -2.81. The maximum absolute atomic E-state index is 15.7. The van der Waals surface area contributed by atoms with E-state index in [1.165, 1.54) is 26.7 Å². The quantitative estimate of drug-likeness (QED) is 0.118. The van der Waals surface area contributed by atoms with E-state index in [0.717, 1.165) is 65.9 Å². The zero-order valence-corrected chi connectivity index (χ0v) is 38.2. The topological polar surface area (TPSA) is 134 Å². The number of nitrogens with one attached hydrogen (secondary N) is 1. The summed E-state index contributed by atoms with van der Waals surface area (Å²) in [7, 11) is 6.31. The number of likely N-dealkylation sites (N-methyl/N-ethyl adjacent to an activating group) is 1. The molecule has 6 aliphatic rings. The zero-order chi connectivity index (χ0) is 44.9. The van der Waals surface area contributed by atoms with Crippen LogP contribution in [-0.2, 0) is 45.8 Å². The summed E-state index contributed by atoms with van der Waals surface area (Å²) in [5, 5.41) is 14.5. The van der Waals surface area contributed by atoms with Crippen LogP contribution < -0.4 is 9.64 Å². The number of anilines is 1. The lowest BCUT2D eigenvalue weighted by Gasteiger charge is -2.63. The highest BCUT2D eigenvalue weighted by Gasteiger charge is 2.80. The van der Waals surface area contributed by atoms with Gasteiger partial charge >= 0.3 is 17.9 Å². The molecule has 2 bridgehead atoms. The second kappa shape index (κ2) is 15.5. The summed E-state index contributed by atoms with van der Waals surface area (Å²) in [6, 6.07) is 22.1. The Bertz CT molecular complexity index is 2540. The molecule has 12 heteroatoms. The standard InChI is InChI=1S/C52H62N4O8/c1-8-32-29-55-24-20-36-35-18-13-14-19-39(35)53-43(36)51(47(58)62-6,28-34(30-55)42(32)33-16-11-10-12-17-33)38-26-37-40(27-41(38)61-5)54(4)45-50(37)22-25-56-23-15-21-49(9-2,44(50)56)46(64-31(3)57)52(45,60)48(59)63-7/h10-19,21,26-27,32,34,42,44-46,53,60H,8-9,20,22-25,28-30H2,1-7H3/t32?,34?,42-,44?,45?,46?,49?,50?,51+,52+/m1/s1. The molecule has 1 aliphatic carbocycles. The van der Waals surface area contributed by atoms with Crippen molar-refractivity contribution in [3.05, 3.63) is 107 Å². The van der Waals surface area contributed by atoms with Crippen molar-refractivity contribution in [1.29, 1.82) is 0 Å². The highest BCUT2D eigenvalue weighted by molar-refractivity contribution is 5.95. The molecule has 6 heterocycles. The number of hydrogen-bond acceptors (Lipinski definition) is 11. The molecule has 1 saturated carbocycles. The summed E-state index contributed by atoms with van der Waals surface area (Å²) >= 11 is 0. The van der Waals surface area contributed by atoms with E-state index in [1.54, 1.807) is 7.11 Å². The Hall–Kier alpha value is -5.17. The SMILES string of the molecule is CCC1CN2CCc3c([nH]c4ccccc34)[C@@](C(=O)OC)(c3cc4c(cc3OC)N(C)C3C45CCN4CC=CC(CC)(C45)C(OC(C)=O)[C@]3(O)C(=O)OC)CC(C2)[C@H]1c1ccccc1. The molecule has 11 atom stereocenters. The van der Waals surface area contributed by atoms with E-state index in [-0.39, 0.29) is 23.8 Å². The fraction of sp³-hybridized carbons (Fsp3) is 0.519. The first-order valence-corrected chi connectivity index (χ1v) is 23.2. The van der Waals surface area contributed by atoms with Gasteiger partial charge in [-0.05, 0) is 78.8 Å². The summed E-state index contributed by atoms with van der Waals surface area (Å²) in [5.74, 6) is -0.763. The molecule has 5 aliphatic heterocycles. The average Bonchev–Trinajstić information content (AvgIpc) is 3.98. The van der Waals surface area contributed by atoms with E-state index >= 15 is 4.79 Å². The number of carbonyl (C=O) groups is 3. The molecule has 8 unspecified atom stereocenters. The number of rotatable bonds is 8. The normalized spacial score (nSPS) is 34.9. The first-order valence-electron chi connectivity index (χ1n) is 23.2. The minimum atomic E-state index is -2.29. The Morgan fingerprint density at radius 3 is 2.36 bits per heavy atom. The van der Waals surface area contributed by atoms with Crippen LogP contribution >= 0.6 is 0 Å². The number of nitrogens with zero attached hydrogens (tertiary/aromatic N) is 3. The Labute approximate surface area is 375 Å². The molecule has 4 aromatic rings. The number of para-hydroxylation sites is 1. The largest absolute Gasteiger partial charge is 0.496 e. The van der Waals surface area contributed by atoms with Gasteiger partial charge < -0.3 is 38.8 Å². The van der Waals surface area contributed by atoms with Crippen LogP contribution in [0.3, 0.4) is 0 Å². The van der Waals surface area contributed by atoms with Gasteiger partial charge in [-0.15, -0.1) is 0 Å². The Kier molecular flexibility index (Phi) is 10.3. The van der Waals surface area contributed by atoms with Gasteiger partial charge in [-0.2, -0.15) is 0 Å². The van der Waals surface area contributed by atoms with Gasteiger partial charge in [0, 0.05) is 90.9 Å². The lowest BCUT2D eigenvalue weighted by atomic mass is 9.47. The fourth-order valence-corrected chi connectivity index (χ4v) is 14.7. The van der Waals surface area contributed by atoms with Crippen molar-refractivity contribution in [2.24, 2.45) is 17.3 Å². The molecule has 0 radical (unpaired) electrons. The molecule has 1 aromatic heterocycles. The number of H-pyrrole nitrogens is 1. The number of hydrogen-bond donors (Lipinski definition) is 2. The average molecular weight is 871 g/mol. The van der Waals surface area contributed by atoms with E-state index in [9.17, 15) is 14.7 Å². The number of piperidine rings is 1. The number of ether oxygens (including phenoxy) is 4. The van der Waals surface area contributed by atoms with Crippen LogP contribution in [0, 0.1) is 17.3 Å². The van der Waals surface area contributed by atoms with E-state index in [1.807, 2.05) is 31.0 Å². The van der Waals surface area contributed by atoms with E-state index < -0.39 is 45.9 Å². The number of carbonyl (C=O) groups excluding carboxylic acids is 3. The molecular weight excluding hydrogens is 809 g/mol. The molecular formula is C52H62N4O8. The molecule has 64 heavy (non-hydrogen) atoms. The van der Waals surface area contributed by atoms with Crippen molar-refractivity contribution in [3.63, 3.8) is 0 Å². The number of aliphatic hydroxyl groups is 1. The predicted octanol–water partition coefficient (Wildman–Crippen LogP) is 6.27. The van der Waals surface area contributed by atoms with E-state index in [2.05, 4.69) is 88.5 Å². The van der Waals surface area contributed by atoms with Crippen LogP contribution in [0.4, 0.5) is 5.69 Å². The molecule has 12 nitrogen and oxygen atoms in total. The van der Waals surface area contributed by atoms with Crippen LogP contribution in [0.2, 0.25) is 0 Å². The fourth-order valence-electron chi connectivity index (χ4n) is 14.7. The third kappa shape index (κ3) is 5.60. The number of aromatic nitrogens is 1. The van der Waals surface area contributed by atoms with Gasteiger partial charge in [-0.1, -0.05) is 81.0 Å². The number of methoxy groups -OCH3 is 3. The van der Waals surface area contributed by atoms with Gasteiger partial charge in [-0.25, -0.2) is 4.79 Å². The zero-order valence-electron chi connectivity index (χ0n) is 38.2. The maximum atomic E-state index is 15.7. The number of benzene rings is 3. The predicted molar refractivity (Wildman–Crippen MR) is 244 cm³/mol. The van der Waals surface area contributed by atoms with Crippen molar-refractivity contribution in [2.45, 2.75) is 93.4 Å². The van der Waals surface area contributed by atoms with Gasteiger partial charge in [0.1, 0.15) is 11.2 Å². The summed E-state index contributed by atoms with van der Waals surface area (Å²) < 4.78 is 24.4. The summed E-state index contributed by atoms with van der Waals surface area (Å²) in [6.45, 7) is 9.61.